The highest BCUT2D eigenvalue weighted by Gasteiger charge is 2.22. The van der Waals surface area contributed by atoms with Crippen LogP contribution in [0.15, 0.2) is 54.6 Å². The molecular formula is C24H28N6O. The number of hydrogen-bond acceptors (Lipinski definition) is 3. The van der Waals surface area contributed by atoms with E-state index in [4.69, 9.17) is 0 Å². The second-order valence-corrected chi connectivity index (χ2v) is 8.08. The number of urea groups is 1. The molecule has 7 nitrogen and oxygen atoms in total. The van der Waals surface area contributed by atoms with E-state index in [0.29, 0.717) is 6.54 Å². The zero-order chi connectivity index (χ0) is 22.0. The third kappa shape index (κ3) is 4.30. The van der Waals surface area contributed by atoms with Crippen molar-refractivity contribution in [2.24, 2.45) is 5.92 Å². The van der Waals surface area contributed by atoms with Crippen LogP contribution >= 0.6 is 0 Å². The SMILES string of the molecule is Cc1nn(-c2ccccc2)c(C)c1CNC(=O)NC(c1nc2ccccc2[nH]1)C(C)C. The zero-order valence-corrected chi connectivity index (χ0v) is 18.3. The van der Waals surface area contributed by atoms with E-state index in [1.54, 1.807) is 0 Å². The molecule has 1 unspecified atom stereocenters. The molecule has 3 N–H and O–H groups in total. The molecule has 4 rings (SSSR count). The van der Waals surface area contributed by atoms with Gasteiger partial charge in [-0.25, -0.2) is 14.5 Å². The minimum Gasteiger partial charge on any atom is -0.340 e. The summed E-state index contributed by atoms with van der Waals surface area (Å²) in [6.07, 6.45) is 0. The van der Waals surface area contributed by atoms with Gasteiger partial charge in [-0.3, -0.25) is 0 Å². The summed E-state index contributed by atoms with van der Waals surface area (Å²) in [5, 5.41) is 10.7. The summed E-state index contributed by atoms with van der Waals surface area (Å²) >= 11 is 0. The Balaban J connectivity index is 1.46. The molecule has 2 heterocycles. The quantitative estimate of drug-likeness (QED) is 0.430. The average molecular weight is 417 g/mol. The Morgan fingerprint density at radius 2 is 1.77 bits per heavy atom. The fraction of sp³-hybridized carbons (Fsp3) is 0.292. The van der Waals surface area contributed by atoms with E-state index in [0.717, 1.165) is 39.5 Å². The van der Waals surface area contributed by atoms with Gasteiger partial charge < -0.3 is 15.6 Å². The highest BCUT2D eigenvalue weighted by atomic mass is 16.2. The first kappa shape index (κ1) is 20.7. The largest absolute Gasteiger partial charge is 0.340 e. The number of H-pyrrole nitrogens is 1. The number of fused-ring (bicyclic) bond motifs is 1. The number of amides is 2. The van der Waals surface area contributed by atoms with Crippen LogP contribution in [0, 0.1) is 19.8 Å². The summed E-state index contributed by atoms with van der Waals surface area (Å²) < 4.78 is 1.91. The number of nitrogens with zero attached hydrogens (tertiary/aromatic N) is 3. The van der Waals surface area contributed by atoms with Crippen molar-refractivity contribution in [1.29, 1.82) is 0 Å². The van der Waals surface area contributed by atoms with Crippen LogP contribution in [0.25, 0.3) is 16.7 Å². The van der Waals surface area contributed by atoms with E-state index in [9.17, 15) is 4.79 Å². The molecule has 2 amide bonds. The van der Waals surface area contributed by atoms with E-state index in [1.165, 1.54) is 0 Å². The standard InChI is InChI=1S/C24H28N6O/c1-15(2)22(23-26-20-12-8-9-13-21(20)27-23)28-24(31)25-14-19-16(3)29-30(17(19)4)18-10-6-5-7-11-18/h5-13,15,22H,14H2,1-4H3,(H,26,27)(H2,25,28,31). The second kappa shape index (κ2) is 8.63. The summed E-state index contributed by atoms with van der Waals surface area (Å²) in [5.41, 5.74) is 5.79. The van der Waals surface area contributed by atoms with Crippen molar-refractivity contribution in [3.63, 3.8) is 0 Å². The Hall–Kier alpha value is -3.61. The number of aromatic amines is 1. The molecule has 0 fully saturated rings. The number of hydrogen-bond donors (Lipinski definition) is 3. The van der Waals surface area contributed by atoms with Crippen molar-refractivity contribution in [2.45, 2.75) is 40.3 Å². The molecule has 7 heteroatoms. The van der Waals surface area contributed by atoms with Crippen molar-refractivity contribution in [3.05, 3.63) is 77.4 Å². The van der Waals surface area contributed by atoms with Crippen LogP contribution in [0.3, 0.4) is 0 Å². The van der Waals surface area contributed by atoms with Gasteiger partial charge in [-0.05, 0) is 44.0 Å². The lowest BCUT2D eigenvalue weighted by Crippen LogP contribution is -2.40. The van der Waals surface area contributed by atoms with Crippen LogP contribution in [-0.4, -0.2) is 25.8 Å². The molecule has 1 atom stereocenters. The molecule has 2 aromatic heterocycles. The maximum absolute atomic E-state index is 12.7. The minimum absolute atomic E-state index is 0.176. The number of nitrogens with one attached hydrogen (secondary N) is 3. The molecule has 0 saturated carbocycles. The zero-order valence-electron chi connectivity index (χ0n) is 18.3. The third-order valence-electron chi connectivity index (χ3n) is 5.52. The van der Waals surface area contributed by atoms with Gasteiger partial charge in [0.1, 0.15) is 5.82 Å². The second-order valence-electron chi connectivity index (χ2n) is 8.08. The van der Waals surface area contributed by atoms with Gasteiger partial charge >= 0.3 is 6.03 Å². The summed E-state index contributed by atoms with van der Waals surface area (Å²) in [7, 11) is 0. The molecule has 160 valence electrons. The van der Waals surface area contributed by atoms with Crippen LogP contribution in [0.2, 0.25) is 0 Å². The lowest BCUT2D eigenvalue weighted by Gasteiger charge is -2.20. The van der Waals surface area contributed by atoms with Crippen molar-refractivity contribution >= 4 is 17.1 Å². The lowest BCUT2D eigenvalue weighted by atomic mass is 10.0. The predicted molar refractivity (Wildman–Crippen MR) is 122 cm³/mol. The topological polar surface area (TPSA) is 87.6 Å². The van der Waals surface area contributed by atoms with Crippen LogP contribution in [-0.2, 0) is 6.54 Å². The number of rotatable bonds is 6. The molecule has 0 spiro atoms. The molecule has 0 aliphatic heterocycles. The van der Waals surface area contributed by atoms with E-state index in [1.807, 2.05) is 73.1 Å². The Morgan fingerprint density at radius 1 is 1.06 bits per heavy atom. The van der Waals surface area contributed by atoms with Gasteiger partial charge in [-0.1, -0.05) is 44.2 Å². The monoisotopic (exact) mass is 416 g/mol. The van der Waals surface area contributed by atoms with Gasteiger partial charge in [0.05, 0.1) is 28.5 Å². The summed E-state index contributed by atoms with van der Waals surface area (Å²) in [6.45, 7) is 8.52. The Morgan fingerprint density at radius 3 is 2.48 bits per heavy atom. The summed E-state index contributed by atoms with van der Waals surface area (Å²) in [5.74, 6) is 0.936. The fourth-order valence-corrected chi connectivity index (χ4v) is 3.78. The van der Waals surface area contributed by atoms with Crippen LogP contribution in [0.5, 0.6) is 0 Å². The van der Waals surface area contributed by atoms with Gasteiger partial charge in [-0.2, -0.15) is 5.10 Å². The molecule has 0 saturated heterocycles. The molecule has 0 aliphatic carbocycles. The normalized spacial score (nSPS) is 12.3. The molecule has 4 aromatic rings. The van der Waals surface area contributed by atoms with Crippen molar-refractivity contribution in [2.75, 3.05) is 0 Å². The van der Waals surface area contributed by atoms with Gasteiger partial charge in [0.2, 0.25) is 0 Å². The first-order valence-corrected chi connectivity index (χ1v) is 10.5. The Labute approximate surface area is 181 Å². The highest BCUT2D eigenvalue weighted by molar-refractivity contribution is 5.76. The summed E-state index contributed by atoms with van der Waals surface area (Å²) in [4.78, 5) is 20.7. The number of imidazole rings is 1. The third-order valence-corrected chi connectivity index (χ3v) is 5.52. The van der Waals surface area contributed by atoms with Crippen molar-refractivity contribution < 1.29 is 4.79 Å². The van der Waals surface area contributed by atoms with E-state index in [2.05, 4.69) is 39.5 Å². The van der Waals surface area contributed by atoms with Crippen LogP contribution in [0.1, 0.15) is 42.7 Å². The first-order valence-electron chi connectivity index (χ1n) is 10.5. The number of carbonyl (C=O) groups excluding carboxylic acids is 1. The van der Waals surface area contributed by atoms with Crippen molar-refractivity contribution in [1.82, 2.24) is 30.4 Å². The van der Waals surface area contributed by atoms with Crippen LogP contribution in [0.4, 0.5) is 4.79 Å². The molecule has 0 radical (unpaired) electrons. The van der Waals surface area contributed by atoms with E-state index >= 15 is 0 Å². The van der Waals surface area contributed by atoms with Crippen molar-refractivity contribution in [3.8, 4) is 5.69 Å². The lowest BCUT2D eigenvalue weighted by molar-refractivity contribution is 0.232. The van der Waals surface area contributed by atoms with Crippen LogP contribution < -0.4 is 10.6 Å². The summed E-state index contributed by atoms with van der Waals surface area (Å²) in [6, 6.07) is 17.4. The number of aryl methyl sites for hydroxylation is 1. The van der Waals surface area contributed by atoms with Gasteiger partial charge in [-0.15, -0.1) is 0 Å². The van der Waals surface area contributed by atoms with Gasteiger partial charge in [0.15, 0.2) is 0 Å². The maximum Gasteiger partial charge on any atom is 0.315 e. The molecule has 2 aromatic carbocycles. The Kier molecular flexibility index (Phi) is 5.75. The fourth-order valence-electron chi connectivity index (χ4n) is 3.78. The smallest absolute Gasteiger partial charge is 0.315 e. The number of benzene rings is 2. The molecule has 0 aliphatic rings. The van der Waals surface area contributed by atoms with Gasteiger partial charge in [0.25, 0.3) is 0 Å². The molecule has 0 bridgehead atoms. The minimum atomic E-state index is -0.231. The number of aromatic nitrogens is 4. The van der Waals surface area contributed by atoms with E-state index in [-0.39, 0.29) is 18.0 Å². The average Bonchev–Trinajstić information content (AvgIpc) is 3.31. The van der Waals surface area contributed by atoms with Gasteiger partial charge in [0, 0.05) is 17.8 Å². The number of carbonyl (C=O) groups is 1. The highest BCUT2D eigenvalue weighted by Crippen LogP contribution is 2.22. The molecule has 31 heavy (non-hydrogen) atoms. The molecular weight excluding hydrogens is 388 g/mol. The Bertz CT molecular complexity index is 1160. The number of para-hydroxylation sites is 3. The maximum atomic E-state index is 12.7. The first-order chi connectivity index (χ1) is 14.9. The predicted octanol–water partition coefficient (Wildman–Crippen LogP) is 4.56. The van der Waals surface area contributed by atoms with E-state index < -0.39 is 0 Å².